The topological polar surface area (TPSA) is 61.9 Å². The van der Waals surface area contributed by atoms with Gasteiger partial charge in [0.15, 0.2) is 0 Å². The number of likely N-dealkylation sites (N-methyl/N-ethyl adjacent to an activating group) is 1. The van der Waals surface area contributed by atoms with Gasteiger partial charge in [0.2, 0.25) is 5.91 Å². The van der Waals surface area contributed by atoms with Gasteiger partial charge >= 0.3 is 0 Å². The molecule has 3 aliphatic rings. The number of nitrogens with zero attached hydrogens (tertiary/aromatic N) is 2. The number of likely N-dealkylation sites (tertiary alicyclic amines) is 1. The van der Waals surface area contributed by atoms with E-state index in [1.54, 1.807) is 4.90 Å². The van der Waals surface area contributed by atoms with Crippen LogP contribution in [0, 0.1) is 0 Å². The Hall–Kier alpha value is -2.34. The van der Waals surface area contributed by atoms with E-state index in [1.807, 2.05) is 18.2 Å². The first kappa shape index (κ1) is 20.0. The van der Waals surface area contributed by atoms with Gasteiger partial charge in [0.25, 0.3) is 5.91 Å². The van der Waals surface area contributed by atoms with E-state index in [9.17, 15) is 9.59 Å². The molecule has 0 saturated carbocycles. The lowest BCUT2D eigenvalue weighted by Crippen LogP contribution is -2.49. The number of amides is 2. The zero-order valence-corrected chi connectivity index (χ0v) is 17.4. The van der Waals surface area contributed by atoms with E-state index in [-0.39, 0.29) is 17.9 Å². The molecule has 0 aliphatic carbocycles. The molecule has 3 unspecified atom stereocenters. The van der Waals surface area contributed by atoms with Gasteiger partial charge < -0.3 is 15.0 Å². The number of benzene rings is 1. The zero-order valence-electron chi connectivity index (χ0n) is 17.4. The lowest BCUT2D eigenvalue weighted by Gasteiger charge is -2.38. The predicted molar refractivity (Wildman–Crippen MR) is 112 cm³/mol. The fourth-order valence-corrected chi connectivity index (χ4v) is 4.94. The third-order valence-electron chi connectivity index (χ3n) is 6.54. The highest BCUT2D eigenvalue weighted by molar-refractivity contribution is 6.01. The van der Waals surface area contributed by atoms with E-state index in [2.05, 4.69) is 30.6 Å². The van der Waals surface area contributed by atoms with E-state index in [4.69, 9.17) is 4.74 Å². The SMILES string of the molecule is C=C1CCC(N2Cc3cc(OC(C)C4CCCCN4CC)ccc3C2=O)C(=O)N1. The van der Waals surface area contributed by atoms with Crippen LogP contribution in [0.4, 0.5) is 0 Å². The predicted octanol–water partition coefficient (Wildman–Crippen LogP) is 3.08. The largest absolute Gasteiger partial charge is 0.489 e. The molecule has 0 aromatic heterocycles. The van der Waals surface area contributed by atoms with Gasteiger partial charge in [-0.3, -0.25) is 14.5 Å². The summed E-state index contributed by atoms with van der Waals surface area (Å²) in [7, 11) is 0. The quantitative estimate of drug-likeness (QED) is 0.829. The van der Waals surface area contributed by atoms with E-state index >= 15 is 0 Å². The van der Waals surface area contributed by atoms with Crippen molar-refractivity contribution in [2.24, 2.45) is 0 Å². The molecule has 6 nitrogen and oxygen atoms in total. The third-order valence-corrected chi connectivity index (χ3v) is 6.54. The Morgan fingerprint density at radius 1 is 1.28 bits per heavy atom. The fraction of sp³-hybridized carbons (Fsp3) is 0.565. The van der Waals surface area contributed by atoms with E-state index in [1.165, 1.54) is 12.8 Å². The van der Waals surface area contributed by atoms with Crippen LogP contribution in [-0.2, 0) is 11.3 Å². The van der Waals surface area contributed by atoms with Crippen LogP contribution >= 0.6 is 0 Å². The number of ether oxygens (including phenoxy) is 1. The van der Waals surface area contributed by atoms with Crippen LogP contribution in [0.5, 0.6) is 5.75 Å². The Labute approximate surface area is 172 Å². The lowest BCUT2D eigenvalue weighted by molar-refractivity contribution is -0.126. The summed E-state index contributed by atoms with van der Waals surface area (Å²) in [4.78, 5) is 29.4. The summed E-state index contributed by atoms with van der Waals surface area (Å²) in [5, 5.41) is 2.78. The van der Waals surface area contributed by atoms with Crippen molar-refractivity contribution >= 4 is 11.8 Å². The number of fused-ring (bicyclic) bond motifs is 1. The van der Waals surface area contributed by atoms with Crippen molar-refractivity contribution in [1.29, 1.82) is 0 Å². The molecule has 0 spiro atoms. The molecule has 3 aliphatic heterocycles. The molecule has 6 heteroatoms. The normalized spacial score (nSPS) is 26.3. The smallest absolute Gasteiger partial charge is 0.255 e. The summed E-state index contributed by atoms with van der Waals surface area (Å²) in [6, 6.07) is 5.71. The molecule has 29 heavy (non-hydrogen) atoms. The molecule has 0 bridgehead atoms. The number of hydrogen-bond acceptors (Lipinski definition) is 4. The maximum Gasteiger partial charge on any atom is 0.255 e. The van der Waals surface area contributed by atoms with Crippen LogP contribution in [0.25, 0.3) is 0 Å². The summed E-state index contributed by atoms with van der Waals surface area (Å²) in [5.74, 6) is 0.593. The number of carbonyl (C=O) groups excluding carboxylic acids is 2. The summed E-state index contributed by atoms with van der Waals surface area (Å²) < 4.78 is 6.30. The number of nitrogens with one attached hydrogen (secondary N) is 1. The average molecular weight is 398 g/mol. The van der Waals surface area contributed by atoms with Gasteiger partial charge in [0, 0.05) is 23.8 Å². The van der Waals surface area contributed by atoms with Crippen molar-refractivity contribution in [2.75, 3.05) is 13.1 Å². The zero-order chi connectivity index (χ0) is 20.5. The van der Waals surface area contributed by atoms with Crippen molar-refractivity contribution in [3.8, 4) is 5.75 Å². The van der Waals surface area contributed by atoms with Crippen molar-refractivity contribution in [3.05, 3.63) is 41.6 Å². The molecule has 3 atom stereocenters. The van der Waals surface area contributed by atoms with Crippen molar-refractivity contribution in [2.45, 2.75) is 70.7 Å². The van der Waals surface area contributed by atoms with E-state index < -0.39 is 6.04 Å². The Kier molecular flexibility index (Phi) is 5.63. The first-order valence-electron chi connectivity index (χ1n) is 10.8. The first-order valence-corrected chi connectivity index (χ1v) is 10.8. The van der Waals surface area contributed by atoms with Crippen LogP contribution in [-0.4, -0.2) is 52.9 Å². The number of rotatable bonds is 5. The third kappa shape index (κ3) is 3.90. The Morgan fingerprint density at radius 2 is 2.10 bits per heavy atom. The summed E-state index contributed by atoms with van der Waals surface area (Å²) in [6.07, 6.45) is 5.09. The number of hydrogen-bond donors (Lipinski definition) is 1. The second kappa shape index (κ2) is 8.19. The highest BCUT2D eigenvalue weighted by Crippen LogP contribution is 2.32. The molecule has 3 heterocycles. The molecule has 156 valence electrons. The molecule has 2 fully saturated rings. The standard InChI is InChI=1S/C23H31N3O3/c1-4-25-12-6-5-7-20(25)16(3)29-18-9-10-19-17(13-18)14-26(23(19)28)21-11-8-15(2)24-22(21)27/h9-10,13,16,20-21H,2,4-8,11-12,14H2,1,3H3,(H,24,27). The summed E-state index contributed by atoms with van der Waals surface area (Å²) in [5.41, 5.74) is 2.34. The molecule has 1 N–H and O–H groups in total. The van der Waals surface area contributed by atoms with Crippen LogP contribution in [0.15, 0.2) is 30.5 Å². The molecule has 4 rings (SSSR count). The summed E-state index contributed by atoms with van der Waals surface area (Å²) in [6.45, 7) is 10.8. The van der Waals surface area contributed by atoms with Crippen LogP contribution in [0.3, 0.4) is 0 Å². The monoisotopic (exact) mass is 397 g/mol. The molecule has 2 saturated heterocycles. The van der Waals surface area contributed by atoms with Crippen molar-refractivity contribution in [3.63, 3.8) is 0 Å². The molecule has 2 amide bonds. The Bertz CT molecular complexity index is 822. The minimum atomic E-state index is -0.427. The molecular weight excluding hydrogens is 366 g/mol. The minimum Gasteiger partial charge on any atom is -0.489 e. The number of piperidine rings is 2. The van der Waals surface area contributed by atoms with E-state index in [0.717, 1.165) is 36.5 Å². The van der Waals surface area contributed by atoms with Crippen LogP contribution < -0.4 is 10.1 Å². The van der Waals surface area contributed by atoms with Gasteiger partial charge in [-0.1, -0.05) is 19.9 Å². The second-order valence-corrected chi connectivity index (χ2v) is 8.41. The maximum atomic E-state index is 12.9. The van der Waals surface area contributed by atoms with Crippen molar-refractivity contribution < 1.29 is 14.3 Å². The van der Waals surface area contributed by atoms with Gasteiger partial charge in [0.05, 0.1) is 0 Å². The lowest BCUT2D eigenvalue weighted by atomic mass is 9.98. The highest BCUT2D eigenvalue weighted by atomic mass is 16.5. The second-order valence-electron chi connectivity index (χ2n) is 8.41. The van der Waals surface area contributed by atoms with Gasteiger partial charge in [-0.05, 0) is 69.5 Å². The molecule has 1 aromatic rings. The van der Waals surface area contributed by atoms with Crippen LogP contribution in [0.2, 0.25) is 0 Å². The fourth-order valence-electron chi connectivity index (χ4n) is 4.94. The first-order chi connectivity index (χ1) is 14.0. The summed E-state index contributed by atoms with van der Waals surface area (Å²) >= 11 is 0. The average Bonchev–Trinajstić information content (AvgIpc) is 3.03. The van der Waals surface area contributed by atoms with Gasteiger partial charge in [-0.15, -0.1) is 0 Å². The Balaban J connectivity index is 1.46. The van der Waals surface area contributed by atoms with Crippen molar-refractivity contribution in [1.82, 2.24) is 15.1 Å². The molecule has 1 aromatic carbocycles. The molecule has 0 radical (unpaired) electrons. The van der Waals surface area contributed by atoms with E-state index in [0.29, 0.717) is 31.0 Å². The number of allylic oxidation sites excluding steroid dienone is 1. The van der Waals surface area contributed by atoms with Gasteiger partial charge in [-0.25, -0.2) is 0 Å². The number of carbonyl (C=O) groups is 2. The maximum absolute atomic E-state index is 12.9. The van der Waals surface area contributed by atoms with Gasteiger partial charge in [0.1, 0.15) is 17.9 Å². The highest BCUT2D eigenvalue weighted by Gasteiger charge is 2.38. The van der Waals surface area contributed by atoms with Crippen LogP contribution in [0.1, 0.15) is 61.9 Å². The Morgan fingerprint density at radius 3 is 2.86 bits per heavy atom. The van der Waals surface area contributed by atoms with Gasteiger partial charge in [-0.2, -0.15) is 0 Å². The minimum absolute atomic E-state index is 0.0725. The molecular formula is C23H31N3O3.